The molecule has 0 aliphatic carbocycles. The normalized spacial score (nSPS) is 12.7. The molecule has 0 unspecified atom stereocenters. The van der Waals surface area contributed by atoms with Gasteiger partial charge in [-0.15, -0.1) is 0 Å². The van der Waals surface area contributed by atoms with E-state index in [4.69, 9.17) is 9.47 Å². The number of nitrogens with one attached hydrogen (secondary N) is 1. The number of aryl methyl sites for hydroxylation is 1. The lowest BCUT2D eigenvalue weighted by molar-refractivity contribution is -0.121. The fourth-order valence-corrected chi connectivity index (χ4v) is 3.67. The summed E-state index contributed by atoms with van der Waals surface area (Å²) in [6.45, 7) is 4.13. The lowest BCUT2D eigenvalue weighted by Gasteiger charge is -2.26. The summed E-state index contributed by atoms with van der Waals surface area (Å²) in [5.74, 6) is 1.64. The highest BCUT2D eigenvalue weighted by Crippen LogP contribution is 2.30. The van der Waals surface area contributed by atoms with E-state index in [2.05, 4.69) is 55.6 Å². The summed E-state index contributed by atoms with van der Waals surface area (Å²) < 4.78 is 10.5. The second-order valence-electron chi connectivity index (χ2n) is 7.54. The van der Waals surface area contributed by atoms with Crippen molar-refractivity contribution in [2.45, 2.75) is 32.2 Å². The van der Waals surface area contributed by atoms with Crippen LogP contribution in [0.4, 0.5) is 0 Å². The van der Waals surface area contributed by atoms with Crippen molar-refractivity contribution in [3.05, 3.63) is 95.1 Å². The Morgan fingerprint density at radius 1 is 0.800 bits per heavy atom. The second kappa shape index (κ2) is 9.97. The van der Waals surface area contributed by atoms with Crippen LogP contribution in [0, 0.1) is 6.92 Å². The van der Waals surface area contributed by atoms with Crippen molar-refractivity contribution in [2.24, 2.45) is 0 Å². The quantitative estimate of drug-likeness (QED) is 0.582. The standard InChI is InChI=1S/C26H29NO3/c1-18-5-9-21(10-6-18)26(22-11-15-24(30-4)16-12-22)19(2)27-25(28)17-20-7-13-23(29-3)14-8-20/h5-16,19,26H,17H2,1-4H3,(H,27,28)/t19-,26-/m1/s1. The van der Waals surface area contributed by atoms with Gasteiger partial charge in [0, 0.05) is 12.0 Å². The molecule has 2 atom stereocenters. The Hall–Kier alpha value is -3.27. The molecular formula is C26H29NO3. The highest BCUT2D eigenvalue weighted by Gasteiger charge is 2.23. The minimum Gasteiger partial charge on any atom is -0.497 e. The number of ether oxygens (including phenoxy) is 2. The molecule has 0 aliphatic rings. The van der Waals surface area contributed by atoms with Gasteiger partial charge in [-0.2, -0.15) is 0 Å². The van der Waals surface area contributed by atoms with Gasteiger partial charge in [0.25, 0.3) is 0 Å². The third-order valence-corrected chi connectivity index (χ3v) is 5.32. The predicted octanol–water partition coefficient (Wildman–Crippen LogP) is 4.89. The van der Waals surface area contributed by atoms with Crippen LogP contribution in [0.1, 0.15) is 35.1 Å². The van der Waals surface area contributed by atoms with E-state index >= 15 is 0 Å². The molecule has 3 aromatic carbocycles. The summed E-state index contributed by atoms with van der Waals surface area (Å²) in [4.78, 5) is 12.7. The van der Waals surface area contributed by atoms with Crippen molar-refractivity contribution in [2.75, 3.05) is 14.2 Å². The smallest absolute Gasteiger partial charge is 0.224 e. The Morgan fingerprint density at radius 3 is 1.77 bits per heavy atom. The van der Waals surface area contributed by atoms with Crippen LogP contribution in [0.15, 0.2) is 72.8 Å². The van der Waals surface area contributed by atoms with Crippen molar-refractivity contribution >= 4 is 5.91 Å². The molecule has 1 N–H and O–H groups in total. The fraction of sp³-hybridized carbons (Fsp3) is 0.269. The third-order valence-electron chi connectivity index (χ3n) is 5.32. The molecule has 0 heterocycles. The topological polar surface area (TPSA) is 47.6 Å². The summed E-state index contributed by atoms with van der Waals surface area (Å²) in [6, 6.07) is 24.1. The maximum absolute atomic E-state index is 12.7. The highest BCUT2D eigenvalue weighted by molar-refractivity contribution is 5.79. The first-order valence-electron chi connectivity index (χ1n) is 10.1. The molecule has 0 aromatic heterocycles. The number of amides is 1. The first-order chi connectivity index (χ1) is 14.5. The highest BCUT2D eigenvalue weighted by atomic mass is 16.5. The zero-order valence-electron chi connectivity index (χ0n) is 18.0. The van der Waals surface area contributed by atoms with Crippen molar-refractivity contribution in [1.82, 2.24) is 5.32 Å². The largest absolute Gasteiger partial charge is 0.497 e. The van der Waals surface area contributed by atoms with E-state index in [1.54, 1.807) is 14.2 Å². The average Bonchev–Trinajstić information content (AvgIpc) is 2.76. The maximum Gasteiger partial charge on any atom is 0.224 e. The molecule has 4 heteroatoms. The molecule has 156 valence electrons. The van der Waals surface area contributed by atoms with Gasteiger partial charge in [-0.25, -0.2) is 0 Å². The fourth-order valence-electron chi connectivity index (χ4n) is 3.67. The van der Waals surface area contributed by atoms with Crippen LogP contribution in [-0.4, -0.2) is 26.2 Å². The van der Waals surface area contributed by atoms with Gasteiger partial charge in [0.05, 0.1) is 20.6 Å². The number of carbonyl (C=O) groups is 1. The molecule has 3 rings (SSSR count). The number of carbonyl (C=O) groups excluding carboxylic acids is 1. The van der Waals surface area contributed by atoms with Gasteiger partial charge in [0.15, 0.2) is 0 Å². The van der Waals surface area contributed by atoms with E-state index in [1.807, 2.05) is 36.4 Å². The van der Waals surface area contributed by atoms with Crippen molar-refractivity contribution in [3.63, 3.8) is 0 Å². The first-order valence-corrected chi connectivity index (χ1v) is 10.1. The number of hydrogen-bond donors (Lipinski definition) is 1. The zero-order valence-corrected chi connectivity index (χ0v) is 18.0. The van der Waals surface area contributed by atoms with Gasteiger partial charge in [-0.1, -0.05) is 54.1 Å². The Balaban J connectivity index is 1.78. The minimum absolute atomic E-state index is 0.00158. The number of rotatable bonds is 8. The second-order valence-corrected chi connectivity index (χ2v) is 7.54. The van der Waals surface area contributed by atoms with Gasteiger partial charge in [-0.05, 0) is 54.8 Å². The first kappa shape index (κ1) is 21.4. The molecule has 0 aliphatic heterocycles. The van der Waals surface area contributed by atoms with Crippen LogP contribution in [0.3, 0.4) is 0 Å². The van der Waals surface area contributed by atoms with Crippen LogP contribution >= 0.6 is 0 Å². The van der Waals surface area contributed by atoms with Crippen LogP contribution in [0.5, 0.6) is 11.5 Å². The van der Waals surface area contributed by atoms with E-state index in [1.165, 1.54) is 11.1 Å². The van der Waals surface area contributed by atoms with Crippen LogP contribution in [0.25, 0.3) is 0 Å². The van der Waals surface area contributed by atoms with E-state index in [-0.39, 0.29) is 17.9 Å². The molecule has 3 aromatic rings. The van der Waals surface area contributed by atoms with Crippen LogP contribution < -0.4 is 14.8 Å². The zero-order chi connectivity index (χ0) is 21.5. The monoisotopic (exact) mass is 403 g/mol. The van der Waals surface area contributed by atoms with Gasteiger partial charge in [0.1, 0.15) is 11.5 Å². The molecule has 0 spiro atoms. The molecule has 0 radical (unpaired) electrons. The summed E-state index contributed by atoms with van der Waals surface area (Å²) in [5, 5.41) is 3.20. The molecule has 4 nitrogen and oxygen atoms in total. The number of methoxy groups -OCH3 is 2. The van der Waals surface area contributed by atoms with E-state index in [0.717, 1.165) is 22.6 Å². The lowest BCUT2D eigenvalue weighted by Crippen LogP contribution is -2.38. The Labute approximate surface area is 178 Å². The molecule has 0 saturated carbocycles. The summed E-state index contributed by atoms with van der Waals surface area (Å²) in [7, 11) is 3.29. The van der Waals surface area contributed by atoms with Crippen LogP contribution in [-0.2, 0) is 11.2 Å². The predicted molar refractivity (Wildman–Crippen MR) is 120 cm³/mol. The Bertz CT molecular complexity index is 947. The summed E-state index contributed by atoms with van der Waals surface area (Å²) >= 11 is 0. The molecule has 30 heavy (non-hydrogen) atoms. The minimum atomic E-state index is -0.0770. The molecular weight excluding hydrogens is 374 g/mol. The van der Waals surface area contributed by atoms with E-state index < -0.39 is 0 Å². The van der Waals surface area contributed by atoms with E-state index in [9.17, 15) is 4.79 Å². The molecule has 1 amide bonds. The SMILES string of the molecule is COc1ccc(CC(=O)N[C@H](C)[C@H](c2ccc(C)cc2)c2ccc(OC)cc2)cc1. The van der Waals surface area contributed by atoms with Gasteiger partial charge in [0.2, 0.25) is 5.91 Å². The number of hydrogen-bond acceptors (Lipinski definition) is 3. The Morgan fingerprint density at radius 2 is 1.27 bits per heavy atom. The summed E-state index contributed by atoms with van der Waals surface area (Å²) in [5.41, 5.74) is 4.47. The van der Waals surface area contributed by atoms with Gasteiger partial charge >= 0.3 is 0 Å². The third kappa shape index (κ3) is 5.41. The van der Waals surface area contributed by atoms with E-state index in [0.29, 0.717) is 6.42 Å². The average molecular weight is 404 g/mol. The van der Waals surface area contributed by atoms with Crippen molar-refractivity contribution < 1.29 is 14.3 Å². The van der Waals surface area contributed by atoms with Gasteiger partial charge in [-0.3, -0.25) is 4.79 Å². The molecule has 0 saturated heterocycles. The van der Waals surface area contributed by atoms with Gasteiger partial charge < -0.3 is 14.8 Å². The lowest BCUT2D eigenvalue weighted by atomic mass is 9.85. The Kier molecular flexibility index (Phi) is 7.12. The maximum atomic E-state index is 12.7. The summed E-state index contributed by atoms with van der Waals surface area (Å²) in [6.07, 6.45) is 0.331. The molecule has 0 bridgehead atoms. The molecule has 0 fully saturated rings. The van der Waals surface area contributed by atoms with Crippen molar-refractivity contribution in [3.8, 4) is 11.5 Å². The van der Waals surface area contributed by atoms with Crippen LogP contribution in [0.2, 0.25) is 0 Å². The van der Waals surface area contributed by atoms with Crippen molar-refractivity contribution in [1.29, 1.82) is 0 Å². The number of benzene rings is 3.